The fourth-order valence-corrected chi connectivity index (χ4v) is 2.63. The Morgan fingerprint density at radius 1 is 0.442 bits per heavy atom. The van der Waals surface area contributed by atoms with Crippen molar-refractivity contribution in [2.45, 2.75) is 0 Å². The van der Waals surface area contributed by atoms with E-state index >= 15 is 0 Å². The number of benzene rings is 2. The molecule has 0 aliphatic rings. The molecule has 0 atom stereocenters. The van der Waals surface area contributed by atoms with Gasteiger partial charge < -0.3 is 49.1 Å². The van der Waals surface area contributed by atoms with Gasteiger partial charge in [-0.3, -0.25) is 18.2 Å². The molecule has 4 aromatic rings. The van der Waals surface area contributed by atoms with Crippen LogP contribution in [0.25, 0.3) is 21.5 Å². The van der Waals surface area contributed by atoms with Crippen LogP contribution >= 0.6 is 0 Å². The summed E-state index contributed by atoms with van der Waals surface area (Å²) >= 11 is 0. The van der Waals surface area contributed by atoms with Gasteiger partial charge in [-0.2, -0.15) is 16.8 Å². The molecule has 0 bridgehead atoms. The van der Waals surface area contributed by atoms with Gasteiger partial charge in [-0.15, -0.1) is 20.4 Å². The molecular weight excluding hydrogens is 632 g/mol. The maximum absolute atomic E-state index is 8.74. The van der Waals surface area contributed by atoms with Gasteiger partial charge in [0.1, 0.15) is 0 Å². The smallest absolute Gasteiger partial charge is 0.394 e. The predicted molar refractivity (Wildman–Crippen MR) is 157 cm³/mol. The van der Waals surface area contributed by atoms with Crippen LogP contribution in [0.3, 0.4) is 0 Å². The summed E-state index contributed by atoms with van der Waals surface area (Å²) < 4.78 is 63.2. The Hall–Kier alpha value is -4.30. The number of nitrogens with two attached hydrogens (primary N) is 4. The average molecular weight is 667 g/mol. The van der Waals surface area contributed by atoms with Crippen LogP contribution in [0, 0.1) is 0 Å². The molecule has 0 spiro atoms. The summed E-state index contributed by atoms with van der Waals surface area (Å²) in [7, 11) is -9.33. The number of rotatable bonds is 4. The Kier molecular flexibility index (Phi) is 25.1. The van der Waals surface area contributed by atoms with Gasteiger partial charge in [0.05, 0.1) is 0 Å². The zero-order valence-corrected chi connectivity index (χ0v) is 23.1. The summed E-state index contributed by atoms with van der Waals surface area (Å²) in [4.78, 5) is 0. The molecule has 0 aliphatic heterocycles. The zero-order valence-electron chi connectivity index (χ0n) is 21.5. The highest BCUT2D eigenvalue weighted by Crippen LogP contribution is 2.25. The second-order valence-electron chi connectivity index (χ2n) is 6.36. The minimum atomic E-state index is -4.67. The number of nitrogen functional groups attached to an aromatic ring is 4. The van der Waals surface area contributed by atoms with Crippen molar-refractivity contribution < 1.29 is 62.4 Å². The Morgan fingerprint density at radius 3 is 0.698 bits per heavy atom. The number of hydrogen-bond donors (Lipinski definition) is 12. The van der Waals surface area contributed by atoms with Gasteiger partial charge in [0.25, 0.3) is 0 Å². The van der Waals surface area contributed by atoms with Gasteiger partial charge >= 0.3 is 20.8 Å². The molecule has 27 heteroatoms. The van der Waals surface area contributed by atoms with Crippen LogP contribution < -0.4 is 45.1 Å². The van der Waals surface area contributed by atoms with Crippen molar-refractivity contribution in [1.29, 1.82) is 0 Å². The quantitative estimate of drug-likeness (QED) is 0.0550. The summed E-state index contributed by atoms with van der Waals surface area (Å²) in [6.07, 6.45) is 0. The number of hydrogen-bond acceptors (Lipinski definition) is 16. The standard InChI is InChI=1S/2C8H10N6.2H2O4S.5H2O/c2*9-11-7-5-3-1-2-4-6(5)8(12-10)14-13-7;2*1-5(2,3)4;;;;;/h2*1-4H,9-10H2,(H,11,13)(H,12,14);2*(H2,1,2,3,4);5*1H2. The Labute approximate surface area is 242 Å². The molecule has 248 valence electrons. The highest BCUT2D eigenvalue weighted by atomic mass is 32.3. The van der Waals surface area contributed by atoms with Crippen molar-refractivity contribution in [2.75, 3.05) is 21.7 Å². The molecule has 0 saturated carbocycles. The van der Waals surface area contributed by atoms with Crippen LogP contribution in [0.2, 0.25) is 0 Å². The van der Waals surface area contributed by atoms with Gasteiger partial charge in [0, 0.05) is 21.5 Å². The van der Waals surface area contributed by atoms with Crippen LogP contribution in [0.15, 0.2) is 48.5 Å². The van der Waals surface area contributed by atoms with Crippen LogP contribution in [0.5, 0.6) is 0 Å². The number of hydrazine groups is 4. The first-order valence-corrected chi connectivity index (χ1v) is 12.3. The third-order valence-corrected chi connectivity index (χ3v) is 3.92. The van der Waals surface area contributed by atoms with Crippen LogP contribution in [-0.4, -0.2) is 82.8 Å². The lowest BCUT2D eigenvalue weighted by Gasteiger charge is -2.06. The average Bonchev–Trinajstić information content (AvgIpc) is 2.85. The van der Waals surface area contributed by atoms with Gasteiger partial charge in [-0.05, 0) is 0 Å². The molecular formula is C16H34N12O13S2. The predicted octanol–water partition coefficient (Wildman–Crippen LogP) is -5.03. The molecule has 0 fully saturated rings. The molecule has 25 nitrogen and oxygen atoms in total. The second kappa shape index (κ2) is 22.3. The first-order chi connectivity index (χ1) is 17.7. The maximum Gasteiger partial charge on any atom is 0.394 e. The van der Waals surface area contributed by atoms with E-state index in [0.717, 1.165) is 21.5 Å². The molecule has 2 heterocycles. The summed E-state index contributed by atoms with van der Waals surface area (Å²) in [6.45, 7) is 0. The van der Waals surface area contributed by atoms with Gasteiger partial charge in [-0.25, -0.2) is 23.4 Å². The lowest BCUT2D eigenvalue weighted by atomic mass is 10.2. The molecule has 4 rings (SSSR count). The molecule has 2 aromatic carbocycles. The summed E-state index contributed by atoms with van der Waals surface area (Å²) in [5.74, 6) is 23.3. The zero-order chi connectivity index (χ0) is 28.9. The second-order valence-corrected chi connectivity index (χ2v) is 8.15. The van der Waals surface area contributed by atoms with E-state index < -0.39 is 20.8 Å². The summed E-state index contributed by atoms with van der Waals surface area (Å²) in [5, 5.41) is 19.0. The van der Waals surface area contributed by atoms with Crippen LogP contribution in [0.4, 0.5) is 23.3 Å². The van der Waals surface area contributed by atoms with E-state index in [4.69, 9.17) is 58.4 Å². The largest absolute Gasteiger partial charge is 0.412 e. The lowest BCUT2D eigenvalue weighted by molar-refractivity contribution is 0.378. The number of aromatic nitrogens is 4. The number of fused-ring (bicyclic) bond motifs is 2. The molecule has 0 radical (unpaired) electrons. The third-order valence-electron chi connectivity index (χ3n) is 3.92. The number of nitrogens with one attached hydrogen (secondary N) is 4. The van der Waals surface area contributed by atoms with Crippen molar-refractivity contribution in [2.24, 2.45) is 23.4 Å². The number of anilines is 4. The van der Waals surface area contributed by atoms with Crippen molar-refractivity contribution >= 4 is 65.6 Å². The highest BCUT2D eigenvalue weighted by molar-refractivity contribution is 7.80. The molecule has 43 heavy (non-hydrogen) atoms. The van der Waals surface area contributed by atoms with Crippen molar-refractivity contribution in [3.05, 3.63) is 48.5 Å². The van der Waals surface area contributed by atoms with E-state index in [9.17, 15) is 0 Å². The van der Waals surface area contributed by atoms with E-state index in [0.29, 0.717) is 23.3 Å². The normalized spacial score (nSPS) is 9.30. The van der Waals surface area contributed by atoms with Crippen LogP contribution in [0.1, 0.15) is 0 Å². The van der Waals surface area contributed by atoms with E-state index in [2.05, 4.69) is 42.1 Å². The summed E-state index contributed by atoms with van der Waals surface area (Å²) in [6, 6.07) is 15.1. The van der Waals surface area contributed by atoms with E-state index in [1.807, 2.05) is 48.5 Å². The van der Waals surface area contributed by atoms with E-state index in [-0.39, 0.29) is 27.4 Å². The molecule has 2 aromatic heterocycles. The monoisotopic (exact) mass is 666 g/mol. The molecule has 0 unspecified atom stereocenters. The minimum absolute atomic E-state index is 0. The molecule has 0 aliphatic carbocycles. The van der Waals surface area contributed by atoms with E-state index in [1.165, 1.54) is 0 Å². The fourth-order valence-electron chi connectivity index (χ4n) is 2.63. The van der Waals surface area contributed by atoms with Crippen molar-refractivity contribution in [3.63, 3.8) is 0 Å². The highest BCUT2D eigenvalue weighted by Gasteiger charge is 2.07. The Morgan fingerprint density at radius 2 is 0.581 bits per heavy atom. The minimum Gasteiger partial charge on any atom is -0.412 e. The fraction of sp³-hybridized carbons (Fsp3) is 0. The van der Waals surface area contributed by atoms with Crippen LogP contribution in [-0.2, 0) is 20.8 Å². The summed E-state index contributed by atoms with van der Waals surface area (Å²) in [5.41, 5.74) is 9.92. The van der Waals surface area contributed by atoms with E-state index in [1.54, 1.807) is 0 Å². The molecule has 0 saturated heterocycles. The SMILES string of the molecule is NNc1nnc(NN)c2ccccc12.NNc1nnc(NN)c2ccccc12.O.O.O.O.O.O=S(=O)(O)O.O=S(=O)(O)O. The molecule has 0 amide bonds. The topological polar surface area (TPSA) is 510 Å². The Bertz CT molecular complexity index is 1350. The lowest BCUT2D eigenvalue weighted by Crippen LogP contribution is -2.13. The Balaban J connectivity index is -0.000000158. The maximum atomic E-state index is 8.74. The third kappa shape index (κ3) is 18.0. The van der Waals surface area contributed by atoms with Gasteiger partial charge in [0.2, 0.25) is 0 Å². The van der Waals surface area contributed by atoms with Gasteiger partial charge in [0.15, 0.2) is 23.3 Å². The van der Waals surface area contributed by atoms with Crippen molar-refractivity contribution in [3.8, 4) is 0 Å². The molecule has 26 N–H and O–H groups in total. The first-order valence-electron chi connectivity index (χ1n) is 9.50. The number of nitrogens with zero attached hydrogens (tertiary/aromatic N) is 4. The first kappa shape index (κ1) is 48.4. The van der Waals surface area contributed by atoms with Gasteiger partial charge in [-0.1, -0.05) is 48.5 Å². The van der Waals surface area contributed by atoms with Crippen molar-refractivity contribution in [1.82, 2.24) is 20.4 Å².